The van der Waals surface area contributed by atoms with Gasteiger partial charge >= 0.3 is 0 Å². The van der Waals surface area contributed by atoms with Gasteiger partial charge in [-0.1, -0.05) is 0 Å². The minimum atomic E-state index is 0.0894. The quantitative estimate of drug-likeness (QED) is 0.708. The Bertz CT molecular complexity index is 316. The lowest BCUT2D eigenvalue weighted by molar-refractivity contribution is -0.117. The topological polar surface area (TPSA) is 68.0 Å². The second-order valence-corrected chi connectivity index (χ2v) is 3.24. The lowest BCUT2D eigenvalue weighted by Gasteiger charge is -2.02. The highest BCUT2D eigenvalue weighted by Crippen LogP contribution is 2.30. The van der Waals surface area contributed by atoms with Gasteiger partial charge in [-0.05, 0) is 25.0 Å². The second kappa shape index (κ2) is 3.05. The van der Waals surface area contributed by atoms with Crippen LogP contribution in [-0.4, -0.2) is 10.9 Å². The molecule has 0 atom stereocenters. The molecule has 68 valence electrons. The highest BCUT2D eigenvalue weighted by atomic mass is 16.2. The first-order chi connectivity index (χ1) is 6.25. The van der Waals surface area contributed by atoms with E-state index in [9.17, 15) is 4.79 Å². The average molecular weight is 177 g/mol. The number of nitrogens with two attached hydrogens (primary N) is 1. The third-order valence-electron chi connectivity index (χ3n) is 2.00. The number of aromatic nitrogens is 1. The summed E-state index contributed by atoms with van der Waals surface area (Å²) in [5.41, 5.74) is 6.12. The van der Waals surface area contributed by atoms with Gasteiger partial charge in [0.1, 0.15) is 5.82 Å². The maximum Gasteiger partial charge on any atom is 0.227 e. The largest absolute Gasteiger partial charge is 0.384 e. The van der Waals surface area contributed by atoms with E-state index in [1.165, 1.54) is 0 Å². The first kappa shape index (κ1) is 8.04. The van der Waals surface area contributed by atoms with Crippen LogP contribution in [0.1, 0.15) is 12.8 Å². The molecular formula is C9H11N3O. The van der Waals surface area contributed by atoms with Crippen LogP contribution in [0.25, 0.3) is 0 Å². The number of hydrogen-bond acceptors (Lipinski definition) is 3. The second-order valence-electron chi connectivity index (χ2n) is 3.24. The number of hydrogen-bond donors (Lipinski definition) is 2. The fraction of sp³-hybridized carbons (Fsp3) is 0.333. The molecule has 4 heteroatoms. The molecule has 0 bridgehead atoms. The molecule has 0 radical (unpaired) electrons. The number of nitrogen functional groups attached to an aromatic ring is 1. The van der Waals surface area contributed by atoms with Crippen LogP contribution < -0.4 is 11.1 Å². The van der Waals surface area contributed by atoms with E-state index in [-0.39, 0.29) is 11.8 Å². The lowest BCUT2D eigenvalue weighted by Crippen LogP contribution is -2.13. The standard InChI is InChI=1S/C9H11N3O/c10-8-4-3-7(5-11-8)12-9(13)6-1-2-6/h3-6H,1-2H2,(H2,10,11)(H,12,13). The molecule has 4 nitrogen and oxygen atoms in total. The zero-order valence-corrected chi connectivity index (χ0v) is 7.16. The summed E-state index contributed by atoms with van der Waals surface area (Å²) < 4.78 is 0. The Hall–Kier alpha value is -1.58. The predicted molar refractivity (Wildman–Crippen MR) is 50.0 cm³/mol. The van der Waals surface area contributed by atoms with Gasteiger partial charge in [-0.15, -0.1) is 0 Å². The van der Waals surface area contributed by atoms with E-state index in [1.807, 2.05) is 0 Å². The fourth-order valence-electron chi connectivity index (χ4n) is 1.07. The Balaban J connectivity index is 2.00. The third-order valence-corrected chi connectivity index (χ3v) is 2.00. The van der Waals surface area contributed by atoms with E-state index in [0.717, 1.165) is 12.8 Å². The van der Waals surface area contributed by atoms with Crippen molar-refractivity contribution in [3.8, 4) is 0 Å². The number of amides is 1. The van der Waals surface area contributed by atoms with Crippen molar-refractivity contribution in [1.82, 2.24) is 4.98 Å². The van der Waals surface area contributed by atoms with E-state index in [1.54, 1.807) is 18.3 Å². The maximum atomic E-state index is 11.3. The van der Waals surface area contributed by atoms with Crippen molar-refractivity contribution in [2.24, 2.45) is 5.92 Å². The smallest absolute Gasteiger partial charge is 0.227 e. The lowest BCUT2D eigenvalue weighted by atomic mass is 10.3. The number of pyridine rings is 1. The molecule has 0 unspecified atom stereocenters. The molecule has 1 aromatic rings. The molecule has 1 amide bonds. The van der Waals surface area contributed by atoms with E-state index < -0.39 is 0 Å². The molecular weight excluding hydrogens is 166 g/mol. The van der Waals surface area contributed by atoms with E-state index >= 15 is 0 Å². The maximum absolute atomic E-state index is 11.3. The van der Waals surface area contributed by atoms with Crippen LogP contribution in [-0.2, 0) is 4.79 Å². The molecule has 2 rings (SSSR count). The summed E-state index contributed by atoms with van der Waals surface area (Å²) in [4.78, 5) is 15.2. The Kier molecular flexibility index (Phi) is 1.88. The van der Waals surface area contributed by atoms with Gasteiger partial charge in [0.15, 0.2) is 0 Å². The van der Waals surface area contributed by atoms with Crippen molar-refractivity contribution in [3.05, 3.63) is 18.3 Å². The number of anilines is 2. The number of nitrogens with zero attached hydrogens (tertiary/aromatic N) is 1. The molecule has 0 spiro atoms. The van der Waals surface area contributed by atoms with Crippen LogP contribution in [0.15, 0.2) is 18.3 Å². The number of nitrogens with one attached hydrogen (secondary N) is 1. The summed E-state index contributed by atoms with van der Waals surface area (Å²) in [7, 11) is 0. The summed E-state index contributed by atoms with van der Waals surface area (Å²) in [5, 5.41) is 2.77. The molecule has 1 aromatic heterocycles. The summed E-state index contributed by atoms with van der Waals surface area (Å²) in [6.45, 7) is 0. The summed E-state index contributed by atoms with van der Waals surface area (Å²) in [5.74, 6) is 0.772. The predicted octanol–water partition coefficient (Wildman–Crippen LogP) is 1.01. The first-order valence-corrected chi connectivity index (χ1v) is 4.28. The third kappa shape index (κ3) is 1.96. The van der Waals surface area contributed by atoms with Crippen molar-refractivity contribution >= 4 is 17.4 Å². The van der Waals surface area contributed by atoms with Crippen LogP contribution in [0.2, 0.25) is 0 Å². The van der Waals surface area contributed by atoms with Crippen LogP contribution in [0.3, 0.4) is 0 Å². The van der Waals surface area contributed by atoms with Crippen LogP contribution in [0.4, 0.5) is 11.5 Å². The van der Waals surface area contributed by atoms with Crippen molar-refractivity contribution in [3.63, 3.8) is 0 Å². The zero-order chi connectivity index (χ0) is 9.26. The van der Waals surface area contributed by atoms with Crippen molar-refractivity contribution in [2.45, 2.75) is 12.8 Å². The number of carbonyl (C=O) groups excluding carboxylic acids is 1. The Labute approximate surface area is 76.2 Å². The molecule has 3 N–H and O–H groups in total. The van der Waals surface area contributed by atoms with Gasteiger partial charge in [0, 0.05) is 5.92 Å². The van der Waals surface area contributed by atoms with Gasteiger partial charge in [-0.25, -0.2) is 4.98 Å². The normalized spacial score (nSPS) is 15.4. The molecule has 1 aliphatic rings. The zero-order valence-electron chi connectivity index (χ0n) is 7.16. The molecule has 1 fully saturated rings. The molecule has 1 aliphatic carbocycles. The Morgan fingerprint density at radius 2 is 2.31 bits per heavy atom. The van der Waals surface area contributed by atoms with Gasteiger partial charge in [-0.3, -0.25) is 4.79 Å². The Morgan fingerprint density at radius 3 is 2.85 bits per heavy atom. The van der Waals surface area contributed by atoms with Crippen LogP contribution in [0.5, 0.6) is 0 Å². The van der Waals surface area contributed by atoms with E-state index in [0.29, 0.717) is 11.5 Å². The monoisotopic (exact) mass is 177 g/mol. The average Bonchev–Trinajstić information content (AvgIpc) is 2.91. The van der Waals surface area contributed by atoms with Crippen molar-refractivity contribution in [2.75, 3.05) is 11.1 Å². The highest BCUT2D eigenvalue weighted by molar-refractivity contribution is 5.93. The van der Waals surface area contributed by atoms with Crippen molar-refractivity contribution < 1.29 is 4.79 Å². The van der Waals surface area contributed by atoms with E-state index in [4.69, 9.17) is 5.73 Å². The molecule has 0 saturated heterocycles. The fourth-order valence-corrected chi connectivity index (χ4v) is 1.07. The molecule has 13 heavy (non-hydrogen) atoms. The van der Waals surface area contributed by atoms with Crippen LogP contribution >= 0.6 is 0 Å². The van der Waals surface area contributed by atoms with E-state index in [2.05, 4.69) is 10.3 Å². The van der Waals surface area contributed by atoms with Gasteiger partial charge in [0.25, 0.3) is 0 Å². The molecule has 1 heterocycles. The first-order valence-electron chi connectivity index (χ1n) is 4.28. The number of rotatable bonds is 2. The molecule has 0 aromatic carbocycles. The van der Waals surface area contributed by atoms with Gasteiger partial charge in [-0.2, -0.15) is 0 Å². The highest BCUT2D eigenvalue weighted by Gasteiger charge is 2.29. The molecule has 1 saturated carbocycles. The van der Waals surface area contributed by atoms with Crippen molar-refractivity contribution in [1.29, 1.82) is 0 Å². The SMILES string of the molecule is Nc1ccc(NC(=O)C2CC2)cn1. The number of carbonyl (C=O) groups is 1. The van der Waals surface area contributed by atoms with Crippen LogP contribution in [0, 0.1) is 5.92 Å². The minimum absolute atomic E-state index is 0.0894. The summed E-state index contributed by atoms with van der Waals surface area (Å²) >= 11 is 0. The minimum Gasteiger partial charge on any atom is -0.384 e. The summed E-state index contributed by atoms with van der Waals surface area (Å²) in [6.07, 6.45) is 3.58. The Morgan fingerprint density at radius 1 is 1.54 bits per heavy atom. The summed E-state index contributed by atoms with van der Waals surface area (Å²) in [6, 6.07) is 3.42. The van der Waals surface area contributed by atoms with Gasteiger partial charge in [0.05, 0.1) is 11.9 Å². The van der Waals surface area contributed by atoms with Gasteiger partial charge < -0.3 is 11.1 Å². The molecule has 0 aliphatic heterocycles. The van der Waals surface area contributed by atoms with Gasteiger partial charge in [0.2, 0.25) is 5.91 Å².